The number of benzene rings is 3. The summed E-state index contributed by atoms with van der Waals surface area (Å²) in [4.78, 5) is 11.2. The molecule has 0 aliphatic carbocycles. The predicted octanol–water partition coefficient (Wildman–Crippen LogP) is 5.68. The summed E-state index contributed by atoms with van der Waals surface area (Å²) in [5.41, 5.74) is 0.724. The fraction of sp³-hybridized carbons (Fsp3) is 0.333. The second-order valence-electron chi connectivity index (χ2n) is 10.3. The average Bonchev–Trinajstić information content (AvgIpc) is 3.04. The molecule has 2 fully saturated rings. The van der Waals surface area contributed by atoms with Crippen LogP contribution in [0.3, 0.4) is 0 Å². The number of rotatable bonds is 3. The smallest absolute Gasteiger partial charge is 0.318 e. The summed E-state index contributed by atoms with van der Waals surface area (Å²) in [6, 6.07) is 12.5. The molecule has 1 aromatic heterocycles. The Morgan fingerprint density at radius 1 is 1.06 bits per heavy atom. The quantitative estimate of drug-likeness (QED) is 0.383. The maximum Gasteiger partial charge on any atom is 0.318 e. The lowest BCUT2D eigenvalue weighted by atomic mass is 9.95. The van der Waals surface area contributed by atoms with Crippen LogP contribution in [0.15, 0.2) is 42.5 Å². The number of methoxy groups -OCH3 is 1. The van der Waals surface area contributed by atoms with Gasteiger partial charge in [-0.05, 0) is 61.2 Å². The second-order valence-corrected chi connectivity index (χ2v) is 10.7. The van der Waals surface area contributed by atoms with Crippen LogP contribution in [0, 0.1) is 5.82 Å². The normalized spacial score (nSPS) is 23.9. The molecule has 0 amide bonds. The van der Waals surface area contributed by atoms with Crippen LogP contribution in [0.25, 0.3) is 32.8 Å². The third kappa shape index (κ3) is 3.56. The number of hydrogen-bond donors (Lipinski definition) is 2. The maximum atomic E-state index is 16.3. The van der Waals surface area contributed by atoms with Gasteiger partial charge in [0.15, 0.2) is 5.82 Å². The van der Waals surface area contributed by atoms with E-state index in [9.17, 15) is 5.11 Å². The molecule has 2 atom stereocenters. The summed E-state index contributed by atoms with van der Waals surface area (Å²) >= 11 is 6.77. The van der Waals surface area contributed by atoms with E-state index in [1.807, 2.05) is 24.3 Å². The highest BCUT2D eigenvalue weighted by Gasteiger charge is 2.48. The van der Waals surface area contributed by atoms with E-state index in [1.54, 1.807) is 12.1 Å². The molecule has 6 rings (SSSR count). The number of anilines is 1. The van der Waals surface area contributed by atoms with Crippen LogP contribution in [0.1, 0.15) is 26.7 Å². The van der Waals surface area contributed by atoms with Crippen LogP contribution in [-0.4, -0.2) is 46.4 Å². The standard InChI is InChI=1S/C27H26ClFN4O2/c1-26-8-9-27(2,32-26)14-33(13-26)24-19-12-20(28)21(22(29)23(19)30-25(31-24)35-3)18-11-16(34)10-15-6-4-5-7-17(15)18/h4-7,10-12,32,34H,8-9,13-14H2,1-3H3. The third-order valence-corrected chi connectivity index (χ3v) is 7.65. The number of aromatic hydroxyl groups is 1. The number of aromatic nitrogens is 2. The zero-order valence-corrected chi connectivity index (χ0v) is 20.6. The predicted molar refractivity (Wildman–Crippen MR) is 137 cm³/mol. The van der Waals surface area contributed by atoms with Crippen LogP contribution in [-0.2, 0) is 0 Å². The molecule has 8 heteroatoms. The topological polar surface area (TPSA) is 70.5 Å². The SMILES string of the molecule is COc1nc(N2CC3(C)CCC(C)(C2)N3)c2cc(Cl)c(-c3cc(O)cc4ccccc34)c(F)c2n1. The number of phenols is 1. The molecule has 0 saturated carbocycles. The van der Waals surface area contributed by atoms with Gasteiger partial charge < -0.3 is 20.1 Å². The Hall–Kier alpha value is -3.16. The molecule has 0 spiro atoms. The Morgan fingerprint density at radius 3 is 2.49 bits per heavy atom. The number of fused-ring (bicyclic) bond motifs is 4. The summed E-state index contributed by atoms with van der Waals surface area (Å²) in [6.07, 6.45) is 2.12. The number of phenolic OH excluding ortho intramolecular Hbond substituents is 1. The van der Waals surface area contributed by atoms with Crippen molar-refractivity contribution in [3.05, 3.63) is 53.3 Å². The van der Waals surface area contributed by atoms with Gasteiger partial charge in [0.25, 0.3) is 0 Å². The van der Waals surface area contributed by atoms with E-state index in [0.29, 0.717) is 16.8 Å². The monoisotopic (exact) mass is 492 g/mol. The van der Waals surface area contributed by atoms with Gasteiger partial charge in [0.05, 0.1) is 12.1 Å². The minimum Gasteiger partial charge on any atom is -0.508 e. The highest BCUT2D eigenvalue weighted by atomic mass is 35.5. The Labute approximate surface area is 207 Å². The lowest BCUT2D eigenvalue weighted by molar-refractivity contribution is 0.281. The Bertz CT molecular complexity index is 1490. The first-order valence-corrected chi connectivity index (χ1v) is 12.1. The molecule has 4 aromatic rings. The van der Waals surface area contributed by atoms with Crippen LogP contribution >= 0.6 is 11.6 Å². The van der Waals surface area contributed by atoms with Crippen molar-refractivity contribution in [1.29, 1.82) is 0 Å². The van der Waals surface area contributed by atoms with Crippen LogP contribution in [0.2, 0.25) is 5.02 Å². The van der Waals surface area contributed by atoms with Crippen molar-refractivity contribution < 1.29 is 14.2 Å². The van der Waals surface area contributed by atoms with E-state index in [1.165, 1.54) is 13.2 Å². The molecule has 35 heavy (non-hydrogen) atoms. The van der Waals surface area contributed by atoms with E-state index in [4.69, 9.17) is 16.3 Å². The van der Waals surface area contributed by atoms with Crippen molar-refractivity contribution in [2.24, 2.45) is 0 Å². The van der Waals surface area contributed by atoms with Crippen LogP contribution in [0.4, 0.5) is 10.2 Å². The highest BCUT2D eigenvalue weighted by molar-refractivity contribution is 6.35. The Balaban J connectivity index is 1.60. The molecular weight excluding hydrogens is 467 g/mol. The summed E-state index contributed by atoms with van der Waals surface area (Å²) in [5, 5.41) is 16.4. The fourth-order valence-electron chi connectivity index (χ4n) is 5.93. The zero-order valence-electron chi connectivity index (χ0n) is 19.8. The van der Waals surface area contributed by atoms with Gasteiger partial charge >= 0.3 is 6.01 Å². The minimum absolute atomic E-state index is 0.0352. The van der Waals surface area contributed by atoms with E-state index in [2.05, 4.69) is 34.0 Å². The number of nitrogens with one attached hydrogen (secondary N) is 1. The summed E-state index contributed by atoms with van der Waals surface area (Å²) in [5.74, 6) is 0.0783. The van der Waals surface area contributed by atoms with Crippen molar-refractivity contribution >= 4 is 39.1 Å². The third-order valence-electron chi connectivity index (χ3n) is 7.35. The van der Waals surface area contributed by atoms with Gasteiger partial charge in [-0.2, -0.15) is 9.97 Å². The second kappa shape index (κ2) is 7.67. The highest BCUT2D eigenvalue weighted by Crippen LogP contribution is 2.44. The van der Waals surface area contributed by atoms with Gasteiger partial charge in [-0.15, -0.1) is 0 Å². The average molecular weight is 493 g/mol. The molecule has 180 valence electrons. The summed E-state index contributed by atoms with van der Waals surface area (Å²) in [7, 11) is 1.48. The van der Waals surface area contributed by atoms with E-state index >= 15 is 4.39 Å². The van der Waals surface area contributed by atoms with E-state index < -0.39 is 5.82 Å². The molecule has 0 radical (unpaired) electrons. The van der Waals surface area contributed by atoms with Gasteiger partial charge in [0.2, 0.25) is 0 Å². The molecule has 3 heterocycles. The van der Waals surface area contributed by atoms with Crippen molar-refractivity contribution in [3.63, 3.8) is 0 Å². The maximum absolute atomic E-state index is 16.3. The first-order valence-electron chi connectivity index (χ1n) is 11.7. The van der Waals surface area contributed by atoms with Crippen LogP contribution < -0.4 is 15.0 Å². The molecule has 2 aliphatic heterocycles. The van der Waals surface area contributed by atoms with Gasteiger partial charge in [0.1, 0.15) is 17.1 Å². The van der Waals surface area contributed by atoms with Crippen molar-refractivity contribution in [2.45, 2.75) is 37.8 Å². The summed E-state index contributed by atoms with van der Waals surface area (Å²) < 4.78 is 21.7. The van der Waals surface area contributed by atoms with Crippen molar-refractivity contribution in [3.8, 4) is 22.9 Å². The van der Waals surface area contributed by atoms with Gasteiger partial charge in [-0.3, -0.25) is 0 Å². The molecule has 6 nitrogen and oxygen atoms in total. The Morgan fingerprint density at radius 2 is 1.77 bits per heavy atom. The van der Waals surface area contributed by atoms with Gasteiger partial charge in [-0.1, -0.05) is 35.9 Å². The van der Waals surface area contributed by atoms with E-state index in [0.717, 1.165) is 36.7 Å². The zero-order chi connectivity index (χ0) is 24.5. The van der Waals surface area contributed by atoms with E-state index in [-0.39, 0.29) is 38.9 Å². The molecule has 2 bridgehead atoms. The molecule has 2 N–H and O–H groups in total. The molecule has 2 aliphatic rings. The number of hydrogen-bond acceptors (Lipinski definition) is 6. The number of ether oxygens (including phenoxy) is 1. The number of piperazine rings is 1. The summed E-state index contributed by atoms with van der Waals surface area (Å²) in [6.45, 7) is 5.89. The Kier molecular flexibility index (Phi) is 4.89. The largest absolute Gasteiger partial charge is 0.508 e. The van der Waals surface area contributed by atoms with Crippen molar-refractivity contribution in [1.82, 2.24) is 15.3 Å². The lowest BCUT2D eigenvalue weighted by Gasteiger charge is -2.44. The fourth-order valence-corrected chi connectivity index (χ4v) is 6.23. The first kappa shape index (κ1) is 22.3. The number of nitrogens with zero attached hydrogens (tertiary/aromatic N) is 3. The number of halogens is 2. The molecule has 2 unspecified atom stereocenters. The lowest BCUT2D eigenvalue weighted by Crippen LogP contribution is -2.63. The first-order chi connectivity index (χ1) is 16.7. The molecule has 2 saturated heterocycles. The van der Waals surface area contributed by atoms with Gasteiger partial charge in [-0.25, -0.2) is 4.39 Å². The van der Waals surface area contributed by atoms with Gasteiger partial charge in [0, 0.05) is 35.1 Å². The van der Waals surface area contributed by atoms with Crippen LogP contribution in [0.5, 0.6) is 11.8 Å². The minimum atomic E-state index is -0.569. The molecular formula is C27H26ClFN4O2. The molecule has 3 aromatic carbocycles. The van der Waals surface area contributed by atoms with Crippen molar-refractivity contribution in [2.75, 3.05) is 25.1 Å².